The number of fused-ring (bicyclic) bond motifs is 1. The molecule has 1 amide bonds. The van der Waals surface area contributed by atoms with E-state index >= 15 is 0 Å². The number of carbonyl (C=O) groups is 1. The average Bonchev–Trinajstić information content (AvgIpc) is 3.08. The van der Waals surface area contributed by atoms with Crippen LogP contribution in [0.25, 0.3) is 16.9 Å². The lowest BCUT2D eigenvalue weighted by Gasteiger charge is -2.27. The fourth-order valence-electron chi connectivity index (χ4n) is 2.97. The largest absolute Gasteiger partial charge is 0.496 e. The number of benzene rings is 1. The van der Waals surface area contributed by atoms with E-state index < -0.39 is 30.0 Å². The maximum absolute atomic E-state index is 12.9. The minimum atomic E-state index is -3.17. The molecule has 3 rings (SSSR count). The highest BCUT2D eigenvalue weighted by atomic mass is 19.3. The second-order valence-corrected chi connectivity index (χ2v) is 7.72. The Hall–Kier alpha value is -3.47. The molecule has 1 atom stereocenters. The summed E-state index contributed by atoms with van der Waals surface area (Å²) in [6.07, 6.45) is 0.968. The van der Waals surface area contributed by atoms with Crippen LogP contribution in [0, 0.1) is 6.92 Å². The van der Waals surface area contributed by atoms with Gasteiger partial charge in [0.25, 0.3) is 5.91 Å². The van der Waals surface area contributed by atoms with Gasteiger partial charge in [0.15, 0.2) is 5.65 Å². The highest BCUT2D eigenvalue weighted by molar-refractivity contribution is 5.99. The number of ether oxygens (including phenoxy) is 3. The van der Waals surface area contributed by atoms with Crippen molar-refractivity contribution in [3.8, 4) is 28.5 Å². The summed E-state index contributed by atoms with van der Waals surface area (Å²) in [6, 6.07) is 4.36. The number of rotatable bonds is 8. The Bertz CT molecular complexity index is 1160. The van der Waals surface area contributed by atoms with Crippen LogP contribution in [0.2, 0.25) is 0 Å². The summed E-state index contributed by atoms with van der Waals surface area (Å²) in [5.41, 5.74) is 5.67. The average molecular weight is 450 g/mol. The number of aryl methyl sites for hydroxylation is 1. The van der Waals surface area contributed by atoms with Gasteiger partial charge in [-0.05, 0) is 39.8 Å². The van der Waals surface area contributed by atoms with Crippen LogP contribution in [-0.2, 0) is 0 Å². The van der Waals surface area contributed by atoms with Crippen molar-refractivity contribution in [1.82, 2.24) is 14.6 Å². The van der Waals surface area contributed by atoms with Crippen molar-refractivity contribution in [3.63, 3.8) is 0 Å². The highest BCUT2D eigenvalue weighted by Gasteiger charge is 2.26. The van der Waals surface area contributed by atoms with Gasteiger partial charge in [0.05, 0.1) is 24.6 Å². The molecule has 1 unspecified atom stereocenters. The Balaban J connectivity index is 2.12. The molecule has 0 spiro atoms. The number of hydrogen-bond donors (Lipinski definition) is 2. The first-order valence-electron chi connectivity index (χ1n) is 9.63. The first kappa shape index (κ1) is 23.2. The second-order valence-electron chi connectivity index (χ2n) is 7.72. The Morgan fingerprint density at radius 3 is 2.41 bits per heavy atom. The molecule has 3 N–H and O–H groups in total. The monoisotopic (exact) mass is 450 g/mol. The summed E-state index contributed by atoms with van der Waals surface area (Å²) in [4.78, 5) is 16.1. The van der Waals surface area contributed by atoms with Gasteiger partial charge in [-0.2, -0.15) is 13.9 Å². The Labute approximate surface area is 182 Å². The van der Waals surface area contributed by atoms with Crippen molar-refractivity contribution in [3.05, 3.63) is 35.7 Å². The van der Waals surface area contributed by atoms with E-state index in [9.17, 15) is 18.7 Å². The molecule has 2 aromatic heterocycles. The molecule has 0 bridgehead atoms. The molecular formula is C21H24F2N4O5. The smallest absolute Gasteiger partial charge is 0.387 e. The Morgan fingerprint density at radius 2 is 1.84 bits per heavy atom. The quantitative estimate of drug-likeness (QED) is 0.541. The number of methoxy groups -OCH3 is 1. The number of alkyl halides is 2. The fraction of sp³-hybridized carbons (Fsp3) is 0.381. The SMILES string of the molecule is COc1cc(-c2cnc3cc(OC(C)C(C)(C)O)c(C)nn23)cc(OC(F)F)c1C(N)=O. The lowest BCUT2D eigenvalue weighted by Crippen LogP contribution is -2.38. The predicted octanol–water partition coefficient (Wildman–Crippen LogP) is 2.95. The van der Waals surface area contributed by atoms with Crippen LogP contribution in [0.15, 0.2) is 24.4 Å². The molecule has 0 aliphatic heterocycles. The molecule has 3 aromatic rings. The third-order valence-corrected chi connectivity index (χ3v) is 4.97. The van der Waals surface area contributed by atoms with Gasteiger partial charge in [-0.25, -0.2) is 9.50 Å². The third-order valence-electron chi connectivity index (χ3n) is 4.97. The van der Waals surface area contributed by atoms with Crippen molar-refractivity contribution in [2.45, 2.75) is 46.0 Å². The Kier molecular flexibility index (Phi) is 6.22. The molecule has 0 aliphatic rings. The lowest BCUT2D eigenvalue weighted by molar-refractivity contribution is -0.0502. The minimum Gasteiger partial charge on any atom is -0.496 e. The van der Waals surface area contributed by atoms with Crippen LogP contribution in [-0.4, -0.2) is 51.0 Å². The summed E-state index contributed by atoms with van der Waals surface area (Å²) < 4.78 is 42.9. The van der Waals surface area contributed by atoms with Gasteiger partial charge in [-0.15, -0.1) is 0 Å². The molecule has 0 radical (unpaired) electrons. The molecule has 11 heteroatoms. The topological polar surface area (TPSA) is 121 Å². The minimum absolute atomic E-state index is 0.0312. The van der Waals surface area contributed by atoms with E-state index in [0.717, 1.165) is 0 Å². The lowest BCUT2D eigenvalue weighted by atomic mass is 10.0. The number of nitrogens with zero attached hydrogens (tertiary/aromatic N) is 3. The van der Waals surface area contributed by atoms with E-state index in [4.69, 9.17) is 15.2 Å². The number of hydrogen-bond acceptors (Lipinski definition) is 7. The van der Waals surface area contributed by atoms with E-state index in [0.29, 0.717) is 28.3 Å². The number of primary amides is 1. The molecular weight excluding hydrogens is 426 g/mol. The van der Waals surface area contributed by atoms with Gasteiger partial charge in [-0.3, -0.25) is 4.79 Å². The van der Waals surface area contributed by atoms with Crippen molar-refractivity contribution in [1.29, 1.82) is 0 Å². The van der Waals surface area contributed by atoms with Gasteiger partial charge in [0.1, 0.15) is 34.6 Å². The van der Waals surface area contributed by atoms with Crippen LogP contribution >= 0.6 is 0 Å². The van der Waals surface area contributed by atoms with Crippen LogP contribution < -0.4 is 19.9 Å². The van der Waals surface area contributed by atoms with Gasteiger partial charge >= 0.3 is 6.61 Å². The standard InChI is InChI=1S/C21H24F2N4O5/c1-10-14(31-11(2)21(3,4)29)8-17-25-9-13(27(17)26-10)12-6-15(30-5)18(19(24)28)16(7-12)32-20(22)23/h6-9,11,20,29H,1-5H3,(H2,24,28). The van der Waals surface area contributed by atoms with Crippen molar-refractivity contribution < 1.29 is 32.9 Å². The number of halogens is 2. The second kappa shape index (κ2) is 8.58. The highest BCUT2D eigenvalue weighted by Crippen LogP contribution is 2.36. The molecule has 32 heavy (non-hydrogen) atoms. The number of nitrogens with two attached hydrogens (primary N) is 1. The van der Waals surface area contributed by atoms with Gasteiger partial charge in [0.2, 0.25) is 0 Å². The van der Waals surface area contributed by atoms with E-state index in [2.05, 4.69) is 14.8 Å². The summed E-state index contributed by atoms with van der Waals surface area (Å²) in [6.45, 7) is 3.55. The maximum atomic E-state index is 12.9. The number of amides is 1. The molecule has 0 fully saturated rings. The van der Waals surface area contributed by atoms with Crippen molar-refractivity contribution in [2.75, 3.05) is 7.11 Å². The molecule has 2 heterocycles. The van der Waals surface area contributed by atoms with Crippen molar-refractivity contribution >= 4 is 11.6 Å². The molecule has 9 nitrogen and oxygen atoms in total. The first-order chi connectivity index (χ1) is 14.9. The summed E-state index contributed by atoms with van der Waals surface area (Å²) >= 11 is 0. The number of aliphatic hydroxyl groups is 1. The summed E-state index contributed by atoms with van der Waals surface area (Å²) in [5, 5.41) is 14.6. The van der Waals surface area contributed by atoms with Gasteiger partial charge in [0, 0.05) is 11.6 Å². The normalized spacial score (nSPS) is 12.8. The van der Waals surface area contributed by atoms with Crippen molar-refractivity contribution in [2.24, 2.45) is 5.73 Å². The molecule has 1 aromatic carbocycles. The molecule has 0 aliphatic carbocycles. The van der Waals surface area contributed by atoms with E-state index in [-0.39, 0.29) is 11.3 Å². The summed E-state index contributed by atoms with van der Waals surface area (Å²) in [5.74, 6) is -0.990. The number of carbonyl (C=O) groups excluding carboxylic acids is 1. The van der Waals surface area contributed by atoms with Gasteiger partial charge < -0.3 is 25.1 Å². The number of aromatic nitrogens is 3. The molecule has 0 saturated heterocycles. The Morgan fingerprint density at radius 1 is 1.19 bits per heavy atom. The zero-order valence-electron chi connectivity index (χ0n) is 18.2. The number of imidazole rings is 1. The molecule has 172 valence electrons. The van der Waals surface area contributed by atoms with E-state index in [1.807, 2.05) is 0 Å². The molecule has 0 saturated carbocycles. The maximum Gasteiger partial charge on any atom is 0.387 e. The zero-order valence-corrected chi connectivity index (χ0v) is 18.2. The van der Waals surface area contributed by atoms with Gasteiger partial charge in [-0.1, -0.05) is 0 Å². The van der Waals surface area contributed by atoms with Crippen LogP contribution in [0.3, 0.4) is 0 Å². The summed E-state index contributed by atoms with van der Waals surface area (Å²) in [7, 11) is 1.28. The fourth-order valence-corrected chi connectivity index (χ4v) is 2.97. The zero-order chi connectivity index (χ0) is 23.8. The van der Waals surface area contributed by atoms with Crippen LogP contribution in [0.4, 0.5) is 8.78 Å². The van der Waals surface area contributed by atoms with Crippen LogP contribution in [0.5, 0.6) is 17.2 Å². The van der Waals surface area contributed by atoms with E-state index in [1.54, 1.807) is 33.8 Å². The van der Waals surface area contributed by atoms with E-state index in [1.165, 1.54) is 30.0 Å². The predicted molar refractivity (Wildman–Crippen MR) is 111 cm³/mol. The first-order valence-corrected chi connectivity index (χ1v) is 9.63. The van der Waals surface area contributed by atoms with Crippen LogP contribution in [0.1, 0.15) is 36.8 Å². The third kappa shape index (κ3) is 4.57.